The number of hydrogen-bond acceptors (Lipinski definition) is 5. The van der Waals surface area contributed by atoms with Crippen molar-refractivity contribution in [3.63, 3.8) is 0 Å². The van der Waals surface area contributed by atoms with E-state index >= 15 is 0 Å². The highest BCUT2D eigenvalue weighted by Crippen LogP contribution is 2.18. The van der Waals surface area contributed by atoms with Crippen molar-refractivity contribution < 1.29 is 22.2 Å². The molecule has 4 rings (SSSR count). The Labute approximate surface area is 175 Å². The second-order valence-corrected chi connectivity index (χ2v) is 9.70. The van der Waals surface area contributed by atoms with Gasteiger partial charge in [-0.1, -0.05) is 6.92 Å². The van der Waals surface area contributed by atoms with Gasteiger partial charge in [-0.15, -0.1) is 0 Å². The second kappa shape index (κ2) is 8.41. The number of sulfonamides is 1. The summed E-state index contributed by atoms with van der Waals surface area (Å²) in [5.74, 6) is 0.925. The van der Waals surface area contributed by atoms with Crippen molar-refractivity contribution in [1.82, 2.24) is 9.29 Å². The molecule has 1 fully saturated rings. The molecule has 3 aromatic rings. The van der Waals surface area contributed by atoms with Gasteiger partial charge < -0.3 is 13.7 Å². The normalized spacial score (nSPS) is 20.1. The smallest absolute Gasteiger partial charge is 0.419 e. The summed E-state index contributed by atoms with van der Waals surface area (Å²) in [6, 6.07) is 8.80. The maximum atomic E-state index is 12.7. The molecular formula is C21H28N3O5S+. The molecule has 0 spiro atoms. The van der Waals surface area contributed by atoms with Gasteiger partial charge >= 0.3 is 5.76 Å². The Morgan fingerprint density at radius 3 is 2.77 bits per heavy atom. The van der Waals surface area contributed by atoms with Gasteiger partial charge in [-0.05, 0) is 49.9 Å². The number of likely N-dealkylation sites (tertiary alicyclic amines) is 1. The molecule has 2 aromatic heterocycles. The summed E-state index contributed by atoms with van der Waals surface area (Å²) < 4.78 is 40.2. The van der Waals surface area contributed by atoms with E-state index in [1.165, 1.54) is 36.0 Å². The van der Waals surface area contributed by atoms with Crippen LogP contribution in [-0.4, -0.2) is 25.6 Å². The molecule has 0 amide bonds. The second-order valence-electron chi connectivity index (χ2n) is 7.94. The number of fused-ring (bicyclic) bond motifs is 1. The summed E-state index contributed by atoms with van der Waals surface area (Å²) in [7, 11) is -2.20. The van der Waals surface area contributed by atoms with Gasteiger partial charge in [0.1, 0.15) is 12.3 Å². The van der Waals surface area contributed by atoms with E-state index in [-0.39, 0.29) is 17.0 Å². The lowest BCUT2D eigenvalue weighted by atomic mass is 10.00. The minimum Gasteiger partial charge on any atom is -0.459 e. The number of oxazole rings is 1. The van der Waals surface area contributed by atoms with Gasteiger partial charge in [-0.3, -0.25) is 4.57 Å². The van der Waals surface area contributed by atoms with E-state index in [1.54, 1.807) is 18.0 Å². The lowest BCUT2D eigenvalue weighted by molar-refractivity contribution is -0.944. The van der Waals surface area contributed by atoms with Crippen LogP contribution in [0.1, 0.15) is 44.1 Å². The molecule has 162 valence electrons. The zero-order chi connectivity index (χ0) is 21.3. The van der Waals surface area contributed by atoms with Crippen molar-refractivity contribution in [3.05, 3.63) is 52.4 Å². The molecular weight excluding hydrogens is 406 g/mol. The molecule has 1 aliphatic rings. The van der Waals surface area contributed by atoms with Crippen LogP contribution in [0.3, 0.4) is 0 Å². The number of quaternary nitrogens is 1. The van der Waals surface area contributed by atoms with Crippen LogP contribution in [0.2, 0.25) is 0 Å². The molecule has 1 aliphatic heterocycles. The van der Waals surface area contributed by atoms with Gasteiger partial charge in [0.05, 0.1) is 29.5 Å². The number of rotatable bonds is 7. The third-order valence-electron chi connectivity index (χ3n) is 6.00. The Hall–Kier alpha value is -2.36. The summed E-state index contributed by atoms with van der Waals surface area (Å²) in [6.45, 7) is 4.27. The Balaban J connectivity index is 1.42. The molecule has 2 N–H and O–H groups in total. The SMILES string of the molecule is CC[C@H]1CCCC[NH+]1Cc1ccc(CNS(=O)(=O)c2ccc3c(c2)oc(=O)n3C)o1. The minimum atomic E-state index is -3.77. The first-order chi connectivity index (χ1) is 14.4. The Morgan fingerprint density at radius 2 is 1.97 bits per heavy atom. The van der Waals surface area contributed by atoms with Gasteiger partial charge in [0.2, 0.25) is 10.0 Å². The molecule has 1 saturated heterocycles. The largest absolute Gasteiger partial charge is 0.459 e. The first kappa shape index (κ1) is 20.9. The monoisotopic (exact) mass is 434 g/mol. The van der Waals surface area contributed by atoms with Gasteiger partial charge in [-0.25, -0.2) is 17.9 Å². The summed E-state index contributed by atoms with van der Waals surface area (Å²) in [6.07, 6.45) is 4.95. The highest BCUT2D eigenvalue weighted by atomic mass is 32.2. The van der Waals surface area contributed by atoms with Crippen LogP contribution in [0.5, 0.6) is 0 Å². The Morgan fingerprint density at radius 1 is 1.17 bits per heavy atom. The third-order valence-corrected chi connectivity index (χ3v) is 7.40. The number of aromatic nitrogens is 1. The van der Waals surface area contributed by atoms with Crippen LogP contribution in [-0.2, 0) is 30.2 Å². The van der Waals surface area contributed by atoms with Gasteiger partial charge in [0.25, 0.3) is 0 Å². The average molecular weight is 435 g/mol. The lowest BCUT2D eigenvalue weighted by Gasteiger charge is -2.31. The maximum Gasteiger partial charge on any atom is 0.419 e. The van der Waals surface area contributed by atoms with Crippen LogP contribution in [0.15, 0.2) is 48.9 Å². The molecule has 3 heterocycles. The first-order valence-electron chi connectivity index (χ1n) is 10.4. The van der Waals surface area contributed by atoms with Crippen molar-refractivity contribution in [3.8, 4) is 0 Å². The van der Waals surface area contributed by atoms with E-state index < -0.39 is 15.8 Å². The molecule has 9 heteroatoms. The van der Waals surface area contributed by atoms with Crippen molar-refractivity contribution >= 4 is 21.1 Å². The predicted molar refractivity (Wildman–Crippen MR) is 112 cm³/mol. The molecule has 0 aliphatic carbocycles. The highest BCUT2D eigenvalue weighted by molar-refractivity contribution is 7.89. The number of aryl methyl sites for hydroxylation is 1. The van der Waals surface area contributed by atoms with Crippen molar-refractivity contribution in [2.24, 2.45) is 7.05 Å². The highest BCUT2D eigenvalue weighted by Gasteiger charge is 2.25. The lowest BCUT2D eigenvalue weighted by Crippen LogP contribution is -3.15. The van der Waals surface area contributed by atoms with E-state index in [0.717, 1.165) is 25.3 Å². The van der Waals surface area contributed by atoms with Crippen LogP contribution < -0.4 is 15.4 Å². The fraction of sp³-hybridized carbons (Fsp3) is 0.476. The summed E-state index contributed by atoms with van der Waals surface area (Å²) >= 11 is 0. The van der Waals surface area contributed by atoms with Crippen LogP contribution in [0.4, 0.5) is 0 Å². The van der Waals surface area contributed by atoms with Gasteiger partial charge in [0.15, 0.2) is 11.3 Å². The number of piperidine rings is 1. The first-order valence-corrected chi connectivity index (χ1v) is 11.9. The van der Waals surface area contributed by atoms with E-state index in [4.69, 9.17) is 8.83 Å². The number of benzene rings is 1. The fourth-order valence-corrected chi connectivity index (χ4v) is 5.25. The fourth-order valence-electron chi connectivity index (χ4n) is 4.24. The summed E-state index contributed by atoms with van der Waals surface area (Å²) in [4.78, 5) is 13.2. The molecule has 1 aromatic carbocycles. The molecule has 0 radical (unpaired) electrons. The standard InChI is InChI=1S/C21H27N3O5S/c1-3-15-6-4-5-11-24(15)14-17-8-7-16(28-17)13-22-30(26,27)18-9-10-19-20(12-18)29-21(25)23(19)2/h7-10,12,15,22H,3-6,11,13-14H2,1-2H3/p+1/t15-/m0/s1. The molecule has 1 unspecified atom stereocenters. The van der Waals surface area contributed by atoms with E-state index in [1.807, 2.05) is 12.1 Å². The van der Waals surface area contributed by atoms with Gasteiger partial charge in [-0.2, -0.15) is 0 Å². The zero-order valence-electron chi connectivity index (χ0n) is 17.3. The molecule has 0 saturated carbocycles. The number of furan rings is 1. The molecule has 8 nitrogen and oxygen atoms in total. The van der Waals surface area contributed by atoms with E-state index in [9.17, 15) is 13.2 Å². The molecule has 30 heavy (non-hydrogen) atoms. The maximum absolute atomic E-state index is 12.7. The third kappa shape index (κ3) is 4.23. The summed E-state index contributed by atoms with van der Waals surface area (Å²) in [5.41, 5.74) is 0.779. The Kier molecular flexibility index (Phi) is 5.86. The number of hydrogen-bond donors (Lipinski definition) is 2. The average Bonchev–Trinajstić information content (AvgIpc) is 3.30. The Bertz CT molecular complexity index is 1190. The quantitative estimate of drug-likeness (QED) is 0.588. The summed E-state index contributed by atoms with van der Waals surface area (Å²) in [5, 5.41) is 0. The number of nitrogens with one attached hydrogen (secondary N) is 2. The van der Waals surface area contributed by atoms with Crippen molar-refractivity contribution in [2.45, 2.75) is 56.6 Å². The van der Waals surface area contributed by atoms with Crippen LogP contribution in [0, 0.1) is 0 Å². The van der Waals surface area contributed by atoms with E-state index in [0.29, 0.717) is 17.3 Å². The van der Waals surface area contributed by atoms with Gasteiger partial charge in [0, 0.05) is 13.1 Å². The van der Waals surface area contributed by atoms with Crippen molar-refractivity contribution in [1.29, 1.82) is 0 Å². The molecule has 2 atom stereocenters. The van der Waals surface area contributed by atoms with E-state index in [2.05, 4.69) is 11.6 Å². The molecule has 0 bridgehead atoms. The van der Waals surface area contributed by atoms with Crippen molar-refractivity contribution in [2.75, 3.05) is 6.54 Å². The minimum absolute atomic E-state index is 0.0414. The van der Waals surface area contributed by atoms with Crippen LogP contribution in [0.25, 0.3) is 11.1 Å². The predicted octanol–water partition coefficient (Wildman–Crippen LogP) is 1.55. The zero-order valence-corrected chi connectivity index (χ0v) is 18.1. The number of nitrogens with zero attached hydrogens (tertiary/aromatic N) is 1. The topological polar surface area (TPSA) is 98.9 Å². The van der Waals surface area contributed by atoms with Crippen LogP contribution >= 0.6 is 0 Å².